The van der Waals surface area contributed by atoms with E-state index in [1.807, 2.05) is 26.0 Å². The van der Waals surface area contributed by atoms with Crippen molar-refractivity contribution in [2.24, 2.45) is 0 Å². The molecule has 0 atom stereocenters. The van der Waals surface area contributed by atoms with Crippen LogP contribution in [-0.4, -0.2) is 16.4 Å². The van der Waals surface area contributed by atoms with Gasteiger partial charge in [-0.2, -0.15) is 5.26 Å². The van der Waals surface area contributed by atoms with E-state index in [9.17, 15) is 14.9 Å². The van der Waals surface area contributed by atoms with Gasteiger partial charge in [0.05, 0.1) is 10.6 Å². The number of amides is 2. The average molecular weight is 383 g/mol. The molecule has 0 unspecified atom stereocenters. The molecule has 1 fully saturated rings. The molecule has 2 aromatic rings. The first-order valence-corrected chi connectivity index (χ1v) is 8.95. The van der Waals surface area contributed by atoms with Crippen LogP contribution in [0.2, 0.25) is 5.02 Å². The summed E-state index contributed by atoms with van der Waals surface area (Å²) in [5, 5.41) is 9.62. The molecule has 1 heterocycles. The summed E-state index contributed by atoms with van der Waals surface area (Å²) >= 11 is 5.96. The molecular formula is C20H19ClN4O2. The summed E-state index contributed by atoms with van der Waals surface area (Å²) in [6.07, 6.45) is 3.84. The van der Waals surface area contributed by atoms with Crippen molar-refractivity contribution < 1.29 is 9.59 Å². The summed E-state index contributed by atoms with van der Waals surface area (Å²) in [5.74, 6) is -1.24. The van der Waals surface area contributed by atoms with E-state index >= 15 is 0 Å². The van der Waals surface area contributed by atoms with Crippen LogP contribution < -0.4 is 10.9 Å². The molecular weight excluding hydrogens is 364 g/mol. The van der Waals surface area contributed by atoms with E-state index < -0.39 is 11.8 Å². The highest BCUT2D eigenvalue weighted by atomic mass is 35.5. The maximum absolute atomic E-state index is 12.3. The molecule has 1 aliphatic rings. The summed E-state index contributed by atoms with van der Waals surface area (Å²) < 4.78 is 2.23. The predicted molar refractivity (Wildman–Crippen MR) is 103 cm³/mol. The molecule has 27 heavy (non-hydrogen) atoms. The molecule has 0 saturated heterocycles. The summed E-state index contributed by atoms with van der Waals surface area (Å²) in [7, 11) is 0. The van der Waals surface area contributed by atoms with E-state index in [1.165, 1.54) is 12.1 Å². The third kappa shape index (κ3) is 4.04. The first-order valence-electron chi connectivity index (χ1n) is 8.57. The highest BCUT2D eigenvalue weighted by molar-refractivity contribution is 6.33. The van der Waals surface area contributed by atoms with Gasteiger partial charge in [-0.25, -0.2) is 0 Å². The minimum absolute atomic E-state index is 0.0921. The van der Waals surface area contributed by atoms with Gasteiger partial charge < -0.3 is 4.57 Å². The zero-order valence-corrected chi connectivity index (χ0v) is 15.8. The zero-order valence-electron chi connectivity index (χ0n) is 15.0. The molecule has 0 bridgehead atoms. The fourth-order valence-corrected chi connectivity index (χ4v) is 3.26. The van der Waals surface area contributed by atoms with Crippen molar-refractivity contribution in [2.45, 2.75) is 32.7 Å². The Bertz CT molecular complexity index is 980. The van der Waals surface area contributed by atoms with Gasteiger partial charge in [0.1, 0.15) is 11.6 Å². The van der Waals surface area contributed by atoms with Crippen molar-refractivity contribution in [2.75, 3.05) is 0 Å². The Kier molecular flexibility index (Phi) is 5.33. The maximum atomic E-state index is 12.3. The van der Waals surface area contributed by atoms with Crippen molar-refractivity contribution in [1.82, 2.24) is 15.4 Å². The molecule has 0 aliphatic heterocycles. The Hall–Kier alpha value is -3.04. The van der Waals surface area contributed by atoms with E-state index in [0.29, 0.717) is 6.04 Å². The van der Waals surface area contributed by atoms with Gasteiger partial charge in [-0.05, 0) is 56.5 Å². The number of halogens is 1. The second-order valence-corrected chi connectivity index (χ2v) is 6.89. The van der Waals surface area contributed by atoms with E-state index in [1.54, 1.807) is 18.2 Å². The van der Waals surface area contributed by atoms with Gasteiger partial charge in [0.25, 0.3) is 11.8 Å². The van der Waals surface area contributed by atoms with Crippen LogP contribution in [0.15, 0.2) is 35.9 Å². The van der Waals surface area contributed by atoms with Gasteiger partial charge in [-0.15, -0.1) is 0 Å². The number of carbonyl (C=O) groups excluding carboxylic acids is 2. The number of nitrogens with zero attached hydrogens (tertiary/aromatic N) is 2. The van der Waals surface area contributed by atoms with Crippen molar-refractivity contribution >= 4 is 29.5 Å². The smallest absolute Gasteiger partial charge is 0.280 e. The summed E-state index contributed by atoms with van der Waals surface area (Å²) in [6.45, 7) is 3.99. The van der Waals surface area contributed by atoms with E-state index in [4.69, 9.17) is 11.6 Å². The number of rotatable bonds is 4. The molecule has 138 valence electrons. The van der Waals surface area contributed by atoms with E-state index in [-0.39, 0.29) is 16.2 Å². The lowest BCUT2D eigenvalue weighted by molar-refractivity contribution is -0.117. The number of carbonyl (C=O) groups is 2. The van der Waals surface area contributed by atoms with Crippen LogP contribution in [0, 0.1) is 25.2 Å². The van der Waals surface area contributed by atoms with E-state index in [2.05, 4.69) is 15.4 Å². The van der Waals surface area contributed by atoms with Crippen molar-refractivity contribution in [3.05, 3.63) is 63.4 Å². The van der Waals surface area contributed by atoms with Gasteiger partial charge in [-0.1, -0.05) is 23.7 Å². The largest absolute Gasteiger partial charge is 0.346 e. The fraction of sp³-hybridized carbons (Fsp3) is 0.250. The van der Waals surface area contributed by atoms with Crippen LogP contribution >= 0.6 is 11.6 Å². The monoisotopic (exact) mass is 382 g/mol. The maximum Gasteiger partial charge on any atom is 0.280 e. The van der Waals surface area contributed by atoms with Crippen molar-refractivity contribution in [1.29, 1.82) is 5.26 Å². The molecule has 0 spiro atoms. The van der Waals surface area contributed by atoms with Crippen LogP contribution in [-0.2, 0) is 4.79 Å². The number of aryl methyl sites for hydroxylation is 1. The SMILES string of the molecule is Cc1cc(C=C(C#N)C(=O)NNC(=O)c2ccccc2Cl)c(C)n1C1CC1. The molecule has 1 aromatic carbocycles. The molecule has 1 aromatic heterocycles. The third-order valence-electron chi connectivity index (χ3n) is 4.51. The molecule has 7 heteroatoms. The zero-order chi connectivity index (χ0) is 19.6. The van der Waals surface area contributed by atoms with Gasteiger partial charge in [-0.3, -0.25) is 20.4 Å². The minimum Gasteiger partial charge on any atom is -0.346 e. The van der Waals surface area contributed by atoms with Gasteiger partial charge in [0, 0.05) is 17.4 Å². The molecule has 2 amide bonds. The average Bonchev–Trinajstić information content (AvgIpc) is 3.43. The van der Waals surface area contributed by atoms with Crippen LogP contribution in [0.3, 0.4) is 0 Å². The van der Waals surface area contributed by atoms with E-state index in [0.717, 1.165) is 29.8 Å². The Labute approximate surface area is 162 Å². The Morgan fingerprint density at radius 1 is 1.26 bits per heavy atom. The number of aromatic nitrogens is 1. The number of hydrazine groups is 1. The Balaban J connectivity index is 1.72. The highest BCUT2D eigenvalue weighted by Crippen LogP contribution is 2.38. The summed E-state index contributed by atoms with van der Waals surface area (Å²) in [6, 6.07) is 10.8. The lowest BCUT2D eigenvalue weighted by atomic mass is 10.1. The molecule has 2 N–H and O–H groups in total. The second-order valence-electron chi connectivity index (χ2n) is 6.49. The minimum atomic E-state index is -0.686. The lowest BCUT2D eigenvalue weighted by Crippen LogP contribution is -2.42. The van der Waals surface area contributed by atoms with Crippen LogP contribution in [0.4, 0.5) is 0 Å². The standard InChI is InChI=1S/C20H19ClN4O2/c1-12-9-14(13(2)25(12)16-7-8-16)10-15(11-22)19(26)23-24-20(27)17-5-3-4-6-18(17)21/h3-6,9-10,16H,7-8H2,1-2H3,(H,23,26)(H,24,27). The van der Waals surface area contributed by atoms with Crippen LogP contribution in [0.5, 0.6) is 0 Å². The third-order valence-corrected chi connectivity index (χ3v) is 4.84. The Morgan fingerprint density at radius 2 is 1.96 bits per heavy atom. The summed E-state index contributed by atoms with van der Waals surface area (Å²) in [5.41, 5.74) is 7.63. The first-order chi connectivity index (χ1) is 12.9. The predicted octanol–water partition coefficient (Wildman–Crippen LogP) is 3.46. The Morgan fingerprint density at radius 3 is 2.59 bits per heavy atom. The molecule has 6 nitrogen and oxygen atoms in total. The number of benzene rings is 1. The number of nitriles is 1. The van der Waals surface area contributed by atoms with Gasteiger partial charge in [0.15, 0.2) is 0 Å². The van der Waals surface area contributed by atoms with Crippen molar-refractivity contribution in [3.8, 4) is 6.07 Å². The van der Waals surface area contributed by atoms with Crippen LogP contribution in [0.25, 0.3) is 6.08 Å². The molecule has 1 saturated carbocycles. The fourth-order valence-electron chi connectivity index (χ4n) is 3.04. The number of hydrogen-bond donors (Lipinski definition) is 2. The van der Waals surface area contributed by atoms with Crippen LogP contribution in [0.1, 0.15) is 46.2 Å². The van der Waals surface area contributed by atoms with Crippen molar-refractivity contribution in [3.63, 3.8) is 0 Å². The molecule has 1 aliphatic carbocycles. The molecule has 0 radical (unpaired) electrons. The number of nitrogens with one attached hydrogen (secondary N) is 2. The second kappa shape index (κ2) is 7.68. The van der Waals surface area contributed by atoms with Gasteiger partial charge in [0.2, 0.25) is 0 Å². The highest BCUT2D eigenvalue weighted by Gasteiger charge is 2.26. The topological polar surface area (TPSA) is 86.9 Å². The lowest BCUT2D eigenvalue weighted by Gasteiger charge is -2.08. The normalized spacial score (nSPS) is 13.8. The van der Waals surface area contributed by atoms with Gasteiger partial charge >= 0.3 is 0 Å². The first kappa shape index (κ1) is 18.7. The number of hydrogen-bond acceptors (Lipinski definition) is 3. The summed E-state index contributed by atoms with van der Waals surface area (Å²) in [4.78, 5) is 24.4. The molecule has 3 rings (SSSR count). The quantitative estimate of drug-likeness (QED) is 0.482.